The highest BCUT2D eigenvalue weighted by Crippen LogP contribution is 2.64. The normalized spacial score (nSPS) is 18.1. The van der Waals surface area contributed by atoms with Crippen LogP contribution in [-0.4, -0.2) is 19.9 Å². The highest BCUT2D eigenvalue weighted by molar-refractivity contribution is 6.24. The summed E-state index contributed by atoms with van der Waals surface area (Å²) in [5.74, 6) is 0.265. The summed E-state index contributed by atoms with van der Waals surface area (Å²) in [5, 5.41) is 10.1. The monoisotopic (exact) mass is 1560 g/mol. The Morgan fingerprint density at radius 2 is 0.533 bits per heavy atom. The Hall–Kier alpha value is -13.3. The summed E-state index contributed by atoms with van der Waals surface area (Å²) in [6, 6.07) is 118. The van der Waals surface area contributed by atoms with Crippen LogP contribution in [0.4, 0.5) is 0 Å². The van der Waals surface area contributed by atoms with Crippen molar-refractivity contribution in [3.05, 3.63) is 385 Å². The Morgan fingerprint density at radius 3 is 0.910 bits per heavy atom. The zero-order valence-electron chi connectivity index (χ0n) is 68.6. The van der Waals surface area contributed by atoms with Gasteiger partial charge in [0.25, 0.3) is 0 Å². The zero-order chi connectivity index (χ0) is 80.0. The molecule has 2 atom stereocenters. The van der Waals surface area contributed by atoms with Crippen LogP contribution in [0.5, 0.6) is 0 Å². The van der Waals surface area contributed by atoms with Crippen molar-refractivity contribution in [3.63, 3.8) is 0 Å². The van der Waals surface area contributed by atoms with Crippen LogP contribution in [0.25, 0.3) is 177 Å². The molecule has 4 nitrogen and oxygen atoms in total. The van der Waals surface area contributed by atoms with Crippen molar-refractivity contribution in [1.29, 1.82) is 0 Å². The van der Waals surface area contributed by atoms with Crippen LogP contribution < -0.4 is 0 Å². The van der Waals surface area contributed by atoms with E-state index in [0.29, 0.717) is 0 Å². The Balaban J connectivity index is 0.555. The van der Waals surface area contributed by atoms with Gasteiger partial charge in [0.05, 0.1) is 11.4 Å². The molecule has 4 heterocycles. The highest BCUT2D eigenvalue weighted by atomic mass is 14.7. The van der Waals surface area contributed by atoms with Gasteiger partial charge >= 0.3 is 0 Å². The zero-order valence-corrected chi connectivity index (χ0v) is 68.6. The van der Waals surface area contributed by atoms with Crippen LogP contribution in [-0.2, 0) is 21.7 Å². The molecule has 4 spiro atoms. The van der Waals surface area contributed by atoms with Gasteiger partial charge in [-0.1, -0.05) is 294 Å². The van der Waals surface area contributed by atoms with E-state index >= 15 is 0 Å². The summed E-state index contributed by atoms with van der Waals surface area (Å²) in [6.07, 6.45) is 30.3. The van der Waals surface area contributed by atoms with Crippen LogP contribution >= 0.6 is 0 Å². The fourth-order valence-electron chi connectivity index (χ4n) is 25.9. The molecule has 8 aliphatic carbocycles. The van der Waals surface area contributed by atoms with Gasteiger partial charge in [0.15, 0.2) is 0 Å². The van der Waals surface area contributed by atoms with Gasteiger partial charge in [-0.15, -0.1) is 0 Å². The number of benzene rings is 14. The molecule has 0 aliphatic heterocycles. The molecular formula is C118H90N4. The third kappa shape index (κ3) is 10.3. The van der Waals surface area contributed by atoms with Gasteiger partial charge in [-0.05, 0) is 295 Å². The molecule has 0 radical (unpaired) electrons. The van der Waals surface area contributed by atoms with Crippen LogP contribution in [0.1, 0.15) is 165 Å². The van der Waals surface area contributed by atoms with Gasteiger partial charge in [-0.2, -0.15) is 0 Å². The first kappa shape index (κ1) is 70.6. The lowest BCUT2D eigenvalue weighted by molar-refractivity contribution is 0.353. The first-order valence-electron chi connectivity index (χ1n) is 45.1. The molecule has 8 aliphatic rings. The van der Waals surface area contributed by atoms with Gasteiger partial charge in [-0.25, -0.2) is 0 Å². The number of hydrogen-bond donors (Lipinski definition) is 0. The Bertz CT molecular complexity index is 7420. The molecule has 4 heteroatoms. The van der Waals surface area contributed by atoms with Crippen molar-refractivity contribution < 1.29 is 0 Å². The Morgan fingerprint density at radius 1 is 0.213 bits per heavy atom. The summed E-state index contributed by atoms with van der Waals surface area (Å²) in [6.45, 7) is 0. The van der Waals surface area contributed by atoms with Gasteiger partial charge in [0.1, 0.15) is 0 Å². The van der Waals surface area contributed by atoms with Crippen molar-refractivity contribution in [2.75, 3.05) is 0 Å². The first-order chi connectivity index (χ1) is 60.4. The number of rotatable bonds is 9. The predicted octanol–water partition coefficient (Wildman–Crippen LogP) is 30.8. The molecule has 4 fully saturated rings. The first-order valence-corrected chi connectivity index (χ1v) is 45.1. The summed E-state index contributed by atoms with van der Waals surface area (Å²) in [5.41, 5.74) is 42.9. The quantitative estimate of drug-likeness (QED) is 0.135. The third-order valence-corrected chi connectivity index (χ3v) is 31.3. The van der Waals surface area contributed by atoms with Gasteiger partial charge in [-0.3, -0.25) is 19.9 Å². The molecule has 2 unspecified atom stereocenters. The third-order valence-electron chi connectivity index (χ3n) is 31.3. The number of aromatic nitrogens is 4. The van der Waals surface area contributed by atoms with Crippen molar-refractivity contribution >= 4 is 43.1 Å². The summed E-state index contributed by atoms with van der Waals surface area (Å²) in [4.78, 5) is 20.5. The maximum Gasteiger partial charge on any atom is 0.0702 e. The van der Waals surface area contributed by atoms with E-state index in [1.165, 1.54) is 267 Å². The maximum atomic E-state index is 5.46. The van der Waals surface area contributed by atoms with E-state index in [1.54, 1.807) is 0 Å². The van der Waals surface area contributed by atoms with E-state index in [1.807, 2.05) is 24.7 Å². The molecule has 0 N–H and O–H groups in total. The van der Waals surface area contributed by atoms with Crippen LogP contribution in [0.15, 0.2) is 334 Å². The van der Waals surface area contributed by atoms with Crippen molar-refractivity contribution in [2.45, 2.75) is 137 Å². The molecule has 122 heavy (non-hydrogen) atoms. The topological polar surface area (TPSA) is 51.6 Å². The molecule has 26 rings (SSSR count). The fraction of sp³-hybridized carbons (Fsp3) is 0.186. The average Bonchev–Trinajstić information content (AvgIpc) is 1.49. The van der Waals surface area contributed by atoms with Crippen molar-refractivity contribution in [2.24, 2.45) is 0 Å². The number of fused-ring (bicyclic) bond motifs is 24. The van der Waals surface area contributed by atoms with Crippen molar-refractivity contribution in [1.82, 2.24) is 19.9 Å². The summed E-state index contributed by atoms with van der Waals surface area (Å²) < 4.78 is 0. The molecule has 4 saturated carbocycles. The van der Waals surface area contributed by atoms with Gasteiger partial charge < -0.3 is 0 Å². The number of nitrogens with zero attached hydrogens (tertiary/aromatic N) is 4. The minimum absolute atomic E-state index is 0.0279. The van der Waals surface area contributed by atoms with Crippen LogP contribution in [0.3, 0.4) is 0 Å². The second-order valence-electron chi connectivity index (χ2n) is 37.0. The molecule has 0 bridgehead atoms. The molecule has 18 aromatic rings. The maximum absolute atomic E-state index is 5.46. The molecule has 14 aromatic carbocycles. The summed E-state index contributed by atoms with van der Waals surface area (Å²) in [7, 11) is 0. The molecule has 582 valence electrons. The van der Waals surface area contributed by atoms with Crippen LogP contribution in [0, 0.1) is 0 Å². The SMILES string of the molecule is c1cncc(-c2ccc(-c3ccc4c(-c5ccc6c(c5)C5(CCCC5)c5ccccc5-6)c5ccccc5c(-c5ccc6c(c5)C5(CCC(c7ccc(-c8ccc(-c9ccc%10c(-c%11ccc%12c(c%11)C%11(CCCCC%11)c%11ccccc%11-%12)c%11ccccc%11c(-c%11ccc%12c(c%11)C%11(CCCCC%11)c%11ccccc%11-%12)c%10c9)nc8)cn7)C5)c5ccccc5-6)c4c3)nc2)c1. The average molecular weight is 1560 g/mol. The second kappa shape index (κ2) is 27.1. The van der Waals surface area contributed by atoms with E-state index in [9.17, 15) is 0 Å². The van der Waals surface area contributed by atoms with Gasteiger partial charge in [0, 0.05) is 97.6 Å². The minimum Gasteiger partial charge on any atom is -0.264 e. The number of pyridine rings is 4. The molecule has 4 aromatic heterocycles. The Kier molecular flexibility index (Phi) is 15.7. The van der Waals surface area contributed by atoms with E-state index in [0.717, 1.165) is 69.7 Å². The molecule has 0 amide bonds. The molecule has 0 saturated heterocycles. The molecular weight excluding hydrogens is 1470 g/mol. The number of hydrogen-bond acceptors (Lipinski definition) is 4. The second-order valence-corrected chi connectivity index (χ2v) is 37.0. The Labute approximate surface area is 713 Å². The summed E-state index contributed by atoms with van der Waals surface area (Å²) >= 11 is 0. The minimum atomic E-state index is -0.196. The van der Waals surface area contributed by atoms with E-state index in [-0.39, 0.29) is 27.6 Å². The largest absolute Gasteiger partial charge is 0.264 e. The van der Waals surface area contributed by atoms with Gasteiger partial charge in [0.2, 0.25) is 0 Å². The van der Waals surface area contributed by atoms with E-state index in [4.69, 9.17) is 15.0 Å². The smallest absolute Gasteiger partial charge is 0.0702 e. The van der Waals surface area contributed by atoms with Crippen LogP contribution in [0.2, 0.25) is 0 Å². The fourth-order valence-corrected chi connectivity index (χ4v) is 25.9. The lowest BCUT2D eigenvalue weighted by atomic mass is 9.67. The lowest BCUT2D eigenvalue weighted by Crippen LogP contribution is -2.28. The lowest BCUT2D eigenvalue weighted by Gasteiger charge is -2.36. The predicted molar refractivity (Wildman–Crippen MR) is 504 cm³/mol. The standard InChI is InChI=1S/C118H90N4/c1-15-54-115(55-16-1)100-31-11-7-23-84(100)88-44-37-75(64-104(88)115)111-92-27-3-5-29-94(92)113(77-39-46-90-85-24-8-12-32-101(85)116(106(90)66-77)56-17-2-18-57-116)98-62-74(36-48-96(98)111)109-51-42-82(71-121-109)83-43-52-110(122-72-83)79-53-60-118(68-79)103-34-14-10-26-87(103)91-47-40-78(67-107(91)118)114-95-30-6-4-28-93(95)112(76-38-45-89-86-25-9-13-33-102(86)117(105(89)65-76)58-19-20-59-117)97-49-35-73(63-99(97)114)108-50-41-81(70-120-108)80-22-21-61-119-69-80/h3-14,21-52,61-67,69-72,79H,1-2,15-20,53-60,68H2. The van der Waals surface area contributed by atoms with E-state index in [2.05, 4.69) is 315 Å². The highest BCUT2D eigenvalue weighted by Gasteiger charge is 2.51. The van der Waals surface area contributed by atoms with E-state index < -0.39 is 0 Å². The van der Waals surface area contributed by atoms with Crippen molar-refractivity contribution in [3.8, 4) is 134 Å².